The molecule has 1 atom stereocenters. The lowest BCUT2D eigenvalue weighted by molar-refractivity contribution is 0.384. The zero-order valence-electron chi connectivity index (χ0n) is 7.36. The van der Waals surface area contributed by atoms with Gasteiger partial charge in [0.25, 0.3) is 0 Å². The van der Waals surface area contributed by atoms with Crippen LogP contribution in [0.2, 0.25) is 0 Å². The Morgan fingerprint density at radius 2 is 2.46 bits per heavy atom. The molecule has 0 saturated carbocycles. The molecular weight excluding hydrogens is 169 g/mol. The molecule has 2 heterocycles. The van der Waals surface area contributed by atoms with Crippen molar-refractivity contribution in [2.24, 2.45) is 5.92 Å². The van der Waals surface area contributed by atoms with Crippen LogP contribution < -0.4 is 4.90 Å². The van der Waals surface area contributed by atoms with Crippen LogP contribution >= 0.6 is 0 Å². The van der Waals surface area contributed by atoms with Gasteiger partial charge in [0.05, 0.1) is 12.9 Å². The highest BCUT2D eigenvalue weighted by molar-refractivity contribution is 5.36. The number of aromatic nitrogens is 2. The Labute approximate surface area is 76.6 Å². The molecule has 70 valence electrons. The number of hydrogen-bond acceptors (Lipinski definition) is 3. The normalized spacial score (nSPS) is 22.2. The Bertz CT molecular complexity index is 265. The molecule has 2 rings (SSSR count). The molecule has 1 saturated heterocycles. The van der Waals surface area contributed by atoms with Gasteiger partial charge in [0, 0.05) is 31.4 Å². The van der Waals surface area contributed by atoms with Gasteiger partial charge in [0.2, 0.25) is 0 Å². The summed E-state index contributed by atoms with van der Waals surface area (Å²) in [5.74, 6) is 1.04. The van der Waals surface area contributed by atoms with E-state index in [9.17, 15) is 4.39 Å². The molecule has 0 spiro atoms. The molecule has 0 amide bonds. The molecule has 0 bridgehead atoms. The summed E-state index contributed by atoms with van der Waals surface area (Å²) in [6.07, 6.45) is 5.96. The maximum atomic E-state index is 12.3. The Kier molecular flexibility index (Phi) is 2.38. The van der Waals surface area contributed by atoms with Crippen molar-refractivity contribution in [3.05, 3.63) is 18.6 Å². The molecular formula is C9H12FN3. The summed E-state index contributed by atoms with van der Waals surface area (Å²) in [4.78, 5) is 10.2. The van der Waals surface area contributed by atoms with Gasteiger partial charge >= 0.3 is 0 Å². The van der Waals surface area contributed by atoms with E-state index in [1.165, 1.54) is 0 Å². The first-order valence-electron chi connectivity index (χ1n) is 4.47. The summed E-state index contributed by atoms with van der Waals surface area (Å²) >= 11 is 0. The fourth-order valence-electron chi connectivity index (χ4n) is 1.62. The van der Waals surface area contributed by atoms with E-state index in [0.29, 0.717) is 0 Å². The van der Waals surface area contributed by atoms with Gasteiger partial charge in [-0.15, -0.1) is 0 Å². The molecule has 4 heteroatoms. The van der Waals surface area contributed by atoms with Gasteiger partial charge in [0.1, 0.15) is 5.82 Å². The number of anilines is 1. The lowest BCUT2D eigenvalue weighted by atomic mass is 10.1. The highest BCUT2D eigenvalue weighted by Gasteiger charge is 2.22. The number of alkyl halides is 1. The van der Waals surface area contributed by atoms with Crippen molar-refractivity contribution in [1.82, 2.24) is 9.97 Å². The van der Waals surface area contributed by atoms with Gasteiger partial charge in [-0.1, -0.05) is 0 Å². The van der Waals surface area contributed by atoms with E-state index < -0.39 is 0 Å². The van der Waals surface area contributed by atoms with Gasteiger partial charge in [0.15, 0.2) is 0 Å². The van der Waals surface area contributed by atoms with Gasteiger partial charge in [-0.05, 0) is 6.42 Å². The molecule has 1 aliphatic rings. The van der Waals surface area contributed by atoms with Crippen molar-refractivity contribution in [1.29, 1.82) is 0 Å². The predicted octanol–water partition coefficient (Wildman–Crippen LogP) is 1.27. The van der Waals surface area contributed by atoms with Gasteiger partial charge in [-0.3, -0.25) is 9.37 Å². The number of hydrogen-bond donors (Lipinski definition) is 0. The second-order valence-corrected chi connectivity index (χ2v) is 3.32. The summed E-state index contributed by atoms with van der Waals surface area (Å²) < 4.78 is 12.3. The second-order valence-electron chi connectivity index (χ2n) is 3.32. The Hall–Kier alpha value is -1.19. The van der Waals surface area contributed by atoms with E-state index in [2.05, 4.69) is 14.9 Å². The van der Waals surface area contributed by atoms with E-state index in [0.717, 1.165) is 25.3 Å². The van der Waals surface area contributed by atoms with Crippen molar-refractivity contribution in [2.75, 3.05) is 24.7 Å². The molecule has 1 fully saturated rings. The van der Waals surface area contributed by atoms with Crippen molar-refractivity contribution >= 4 is 5.82 Å². The van der Waals surface area contributed by atoms with E-state index in [-0.39, 0.29) is 12.6 Å². The molecule has 3 nitrogen and oxygen atoms in total. The fraction of sp³-hybridized carbons (Fsp3) is 0.556. The zero-order valence-corrected chi connectivity index (χ0v) is 7.36. The standard InChI is InChI=1S/C9H12FN3/c10-5-8-1-4-13(7-8)9-6-11-2-3-12-9/h2-3,6,8H,1,4-5,7H2. The molecule has 0 N–H and O–H groups in total. The largest absolute Gasteiger partial charge is 0.355 e. The summed E-state index contributed by atoms with van der Waals surface area (Å²) in [5, 5.41) is 0. The molecule has 1 aliphatic heterocycles. The number of nitrogens with zero attached hydrogens (tertiary/aromatic N) is 3. The summed E-state index contributed by atoms with van der Waals surface area (Å²) in [6.45, 7) is 1.44. The first kappa shape index (κ1) is 8.41. The predicted molar refractivity (Wildman–Crippen MR) is 48.3 cm³/mol. The summed E-state index contributed by atoms with van der Waals surface area (Å²) in [6, 6.07) is 0. The van der Waals surface area contributed by atoms with Crippen LogP contribution in [0.1, 0.15) is 6.42 Å². The maximum Gasteiger partial charge on any atom is 0.147 e. The zero-order chi connectivity index (χ0) is 9.10. The first-order valence-corrected chi connectivity index (χ1v) is 4.47. The van der Waals surface area contributed by atoms with Crippen LogP contribution in [0.15, 0.2) is 18.6 Å². The van der Waals surface area contributed by atoms with Crippen molar-refractivity contribution in [3.63, 3.8) is 0 Å². The van der Waals surface area contributed by atoms with E-state index in [1.54, 1.807) is 18.6 Å². The van der Waals surface area contributed by atoms with Gasteiger partial charge in [-0.25, -0.2) is 4.98 Å². The van der Waals surface area contributed by atoms with E-state index >= 15 is 0 Å². The molecule has 0 aliphatic carbocycles. The van der Waals surface area contributed by atoms with Crippen LogP contribution in [0.4, 0.5) is 10.2 Å². The summed E-state index contributed by atoms with van der Waals surface area (Å²) in [7, 11) is 0. The van der Waals surface area contributed by atoms with E-state index in [1.807, 2.05) is 0 Å². The van der Waals surface area contributed by atoms with Crippen molar-refractivity contribution in [3.8, 4) is 0 Å². The Morgan fingerprint density at radius 3 is 3.08 bits per heavy atom. The van der Waals surface area contributed by atoms with Crippen molar-refractivity contribution < 1.29 is 4.39 Å². The van der Waals surface area contributed by atoms with E-state index in [4.69, 9.17) is 0 Å². The molecule has 1 aromatic rings. The van der Waals surface area contributed by atoms with Gasteiger partial charge < -0.3 is 4.90 Å². The van der Waals surface area contributed by atoms with Crippen LogP contribution in [-0.4, -0.2) is 29.7 Å². The molecule has 13 heavy (non-hydrogen) atoms. The minimum Gasteiger partial charge on any atom is -0.355 e. The highest BCUT2D eigenvalue weighted by atomic mass is 19.1. The third-order valence-corrected chi connectivity index (χ3v) is 2.38. The minimum atomic E-state index is -0.225. The fourth-order valence-corrected chi connectivity index (χ4v) is 1.62. The lowest BCUT2D eigenvalue weighted by Gasteiger charge is -2.15. The molecule has 0 aromatic carbocycles. The second kappa shape index (κ2) is 3.68. The smallest absolute Gasteiger partial charge is 0.147 e. The first-order chi connectivity index (χ1) is 6.40. The van der Waals surface area contributed by atoms with Crippen LogP contribution in [-0.2, 0) is 0 Å². The number of rotatable bonds is 2. The maximum absolute atomic E-state index is 12.3. The van der Waals surface area contributed by atoms with Crippen LogP contribution in [0.3, 0.4) is 0 Å². The average molecular weight is 181 g/mol. The Balaban J connectivity index is 2.04. The Morgan fingerprint density at radius 1 is 1.54 bits per heavy atom. The highest BCUT2D eigenvalue weighted by Crippen LogP contribution is 2.20. The molecule has 1 unspecified atom stereocenters. The van der Waals surface area contributed by atoms with Crippen molar-refractivity contribution in [2.45, 2.75) is 6.42 Å². The van der Waals surface area contributed by atoms with Gasteiger partial charge in [-0.2, -0.15) is 0 Å². The van der Waals surface area contributed by atoms with Crippen LogP contribution in [0, 0.1) is 5.92 Å². The SMILES string of the molecule is FCC1CCN(c2cnccn2)C1. The average Bonchev–Trinajstić information content (AvgIpc) is 2.67. The number of halogens is 1. The quantitative estimate of drug-likeness (QED) is 0.688. The summed E-state index contributed by atoms with van der Waals surface area (Å²) in [5.41, 5.74) is 0. The molecule has 1 aromatic heterocycles. The lowest BCUT2D eigenvalue weighted by Crippen LogP contribution is -2.21. The molecule has 0 radical (unpaired) electrons. The van der Waals surface area contributed by atoms with Crippen LogP contribution in [0.5, 0.6) is 0 Å². The minimum absolute atomic E-state index is 0.182. The van der Waals surface area contributed by atoms with Crippen LogP contribution in [0.25, 0.3) is 0 Å². The third-order valence-electron chi connectivity index (χ3n) is 2.38. The third kappa shape index (κ3) is 1.76. The topological polar surface area (TPSA) is 29.0 Å². The monoisotopic (exact) mass is 181 g/mol.